The van der Waals surface area contributed by atoms with E-state index < -0.39 is 0 Å². The maximum atomic E-state index is 12.8. The molecular formula is C14H14Br2IN3O. The van der Waals surface area contributed by atoms with Crippen molar-refractivity contribution in [2.24, 2.45) is 0 Å². The summed E-state index contributed by atoms with van der Waals surface area (Å²) < 4.78 is 4.28. The summed E-state index contributed by atoms with van der Waals surface area (Å²) in [6.07, 6.45) is 1.67. The summed E-state index contributed by atoms with van der Waals surface area (Å²) in [5.41, 5.74) is 1.23. The Kier molecular flexibility index (Phi) is 5.98. The van der Waals surface area contributed by atoms with E-state index >= 15 is 0 Å². The van der Waals surface area contributed by atoms with Gasteiger partial charge in [0.25, 0.3) is 0 Å². The maximum absolute atomic E-state index is 12.8. The summed E-state index contributed by atoms with van der Waals surface area (Å²) in [6.45, 7) is 1.49. The largest absolute Gasteiger partial charge is 0.308 e. The van der Waals surface area contributed by atoms with Crippen molar-refractivity contribution in [3.05, 3.63) is 48.2 Å². The SMILES string of the molecule is CN(C)CCn1ncc(Br)c1C(=O)c1cc(I)ccc1Br. The van der Waals surface area contributed by atoms with E-state index in [1.54, 1.807) is 10.9 Å². The molecule has 0 saturated carbocycles. The van der Waals surface area contributed by atoms with Gasteiger partial charge in [-0.1, -0.05) is 15.9 Å². The molecule has 0 bridgehead atoms. The van der Waals surface area contributed by atoms with Crippen molar-refractivity contribution < 1.29 is 4.79 Å². The van der Waals surface area contributed by atoms with E-state index in [1.165, 1.54) is 0 Å². The van der Waals surface area contributed by atoms with Crippen molar-refractivity contribution >= 4 is 60.2 Å². The van der Waals surface area contributed by atoms with E-state index in [2.05, 4.69) is 64.4 Å². The highest BCUT2D eigenvalue weighted by Gasteiger charge is 2.21. The zero-order valence-corrected chi connectivity index (χ0v) is 16.9. The third-order valence-corrected chi connectivity index (χ3v) is 4.88. The third kappa shape index (κ3) is 4.14. The first-order valence-corrected chi connectivity index (χ1v) is 8.92. The highest BCUT2D eigenvalue weighted by molar-refractivity contribution is 14.1. The van der Waals surface area contributed by atoms with E-state index in [0.29, 0.717) is 17.8 Å². The van der Waals surface area contributed by atoms with Crippen LogP contribution in [-0.2, 0) is 6.54 Å². The molecule has 7 heteroatoms. The molecule has 0 spiro atoms. The number of aromatic nitrogens is 2. The van der Waals surface area contributed by atoms with E-state index in [-0.39, 0.29) is 5.78 Å². The molecule has 0 atom stereocenters. The third-order valence-electron chi connectivity index (χ3n) is 2.94. The van der Waals surface area contributed by atoms with Gasteiger partial charge in [0.1, 0.15) is 5.69 Å². The fraction of sp³-hybridized carbons (Fsp3) is 0.286. The number of benzene rings is 1. The number of halogens is 3. The Hall–Kier alpha value is -0.250. The van der Waals surface area contributed by atoms with Gasteiger partial charge in [-0.15, -0.1) is 0 Å². The first-order chi connectivity index (χ1) is 9.90. The fourth-order valence-electron chi connectivity index (χ4n) is 1.85. The van der Waals surface area contributed by atoms with Crippen LogP contribution in [0.2, 0.25) is 0 Å². The van der Waals surface area contributed by atoms with Gasteiger partial charge >= 0.3 is 0 Å². The summed E-state index contributed by atoms with van der Waals surface area (Å²) in [4.78, 5) is 14.9. The molecule has 0 unspecified atom stereocenters. The number of carbonyl (C=O) groups excluding carboxylic acids is 1. The Labute approximate surface area is 154 Å². The second-order valence-electron chi connectivity index (χ2n) is 4.82. The summed E-state index contributed by atoms with van der Waals surface area (Å²) >= 11 is 9.08. The number of rotatable bonds is 5. The van der Waals surface area contributed by atoms with Gasteiger partial charge in [-0.2, -0.15) is 5.10 Å². The number of carbonyl (C=O) groups is 1. The van der Waals surface area contributed by atoms with Crippen molar-refractivity contribution in [3.63, 3.8) is 0 Å². The molecule has 2 rings (SSSR count). The normalized spacial score (nSPS) is 11.1. The first-order valence-electron chi connectivity index (χ1n) is 6.26. The van der Waals surface area contributed by atoms with Crippen LogP contribution in [0.25, 0.3) is 0 Å². The van der Waals surface area contributed by atoms with Crippen molar-refractivity contribution in [2.45, 2.75) is 6.54 Å². The van der Waals surface area contributed by atoms with Gasteiger partial charge in [0.05, 0.1) is 17.2 Å². The van der Waals surface area contributed by atoms with Crippen molar-refractivity contribution in [1.82, 2.24) is 14.7 Å². The Morgan fingerprint density at radius 1 is 1.33 bits per heavy atom. The smallest absolute Gasteiger partial charge is 0.213 e. The molecule has 1 aromatic heterocycles. The molecule has 0 aliphatic carbocycles. The summed E-state index contributed by atoms with van der Waals surface area (Å²) in [5.74, 6) is -0.0384. The second kappa shape index (κ2) is 7.34. The van der Waals surface area contributed by atoms with Gasteiger partial charge in [0, 0.05) is 20.2 Å². The second-order valence-corrected chi connectivity index (χ2v) is 7.78. The average molecular weight is 527 g/mol. The summed E-state index contributed by atoms with van der Waals surface area (Å²) in [7, 11) is 3.99. The predicted octanol–water partition coefficient (Wildman–Crippen LogP) is 3.81. The van der Waals surface area contributed by atoms with Crippen LogP contribution in [0.1, 0.15) is 16.1 Å². The minimum absolute atomic E-state index is 0.0384. The fourth-order valence-corrected chi connectivity index (χ4v) is 3.25. The average Bonchev–Trinajstić information content (AvgIpc) is 2.79. The zero-order chi connectivity index (χ0) is 15.6. The lowest BCUT2D eigenvalue weighted by atomic mass is 10.1. The van der Waals surface area contributed by atoms with Crippen molar-refractivity contribution in [2.75, 3.05) is 20.6 Å². The Morgan fingerprint density at radius 2 is 2.05 bits per heavy atom. The molecule has 0 aliphatic heterocycles. The van der Waals surface area contributed by atoms with Crippen LogP contribution in [0.5, 0.6) is 0 Å². The van der Waals surface area contributed by atoms with E-state index in [9.17, 15) is 4.79 Å². The van der Waals surface area contributed by atoms with Crippen LogP contribution >= 0.6 is 54.5 Å². The topological polar surface area (TPSA) is 38.1 Å². The quantitative estimate of drug-likeness (QED) is 0.439. The van der Waals surface area contributed by atoms with Crippen molar-refractivity contribution in [3.8, 4) is 0 Å². The van der Waals surface area contributed by atoms with Crippen LogP contribution in [0, 0.1) is 3.57 Å². The molecular weight excluding hydrogens is 513 g/mol. The molecule has 0 saturated heterocycles. The summed E-state index contributed by atoms with van der Waals surface area (Å²) in [6, 6.07) is 5.73. The van der Waals surface area contributed by atoms with Gasteiger partial charge in [-0.25, -0.2) is 0 Å². The lowest BCUT2D eigenvalue weighted by Crippen LogP contribution is -2.22. The zero-order valence-electron chi connectivity index (χ0n) is 11.6. The van der Waals surface area contributed by atoms with Crippen molar-refractivity contribution in [1.29, 1.82) is 0 Å². The number of ketones is 1. The number of nitrogens with zero attached hydrogens (tertiary/aromatic N) is 3. The Morgan fingerprint density at radius 3 is 2.71 bits per heavy atom. The Balaban J connectivity index is 2.39. The number of hydrogen-bond acceptors (Lipinski definition) is 3. The molecule has 2 aromatic rings. The molecule has 0 radical (unpaired) electrons. The van der Waals surface area contributed by atoms with Crippen LogP contribution in [-0.4, -0.2) is 41.1 Å². The summed E-state index contributed by atoms with van der Waals surface area (Å²) in [5, 5.41) is 4.29. The van der Waals surface area contributed by atoms with Crippen LogP contribution in [0.15, 0.2) is 33.3 Å². The van der Waals surface area contributed by atoms with E-state index in [0.717, 1.165) is 19.1 Å². The highest BCUT2D eigenvalue weighted by atomic mass is 127. The minimum atomic E-state index is -0.0384. The molecule has 1 heterocycles. The van der Waals surface area contributed by atoms with Gasteiger partial charge < -0.3 is 4.90 Å². The lowest BCUT2D eigenvalue weighted by molar-refractivity contribution is 0.102. The van der Waals surface area contributed by atoms with Crippen LogP contribution < -0.4 is 0 Å². The van der Waals surface area contributed by atoms with Gasteiger partial charge in [0.2, 0.25) is 5.78 Å². The molecule has 0 N–H and O–H groups in total. The minimum Gasteiger partial charge on any atom is -0.308 e. The maximum Gasteiger partial charge on any atom is 0.213 e. The first kappa shape index (κ1) is 17.1. The van der Waals surface area contributed by atoms with Gasteiger partial charge in [0.15, 0.2) is 0 Å². The lowest BCUT2D eigenvalue weighted by Gasteiger charge is -2.12. The standard InChI is InChI=1S/C14H14Br2IN3O/c1-19(2)5-6-20-13(12(16)8-18-20)14(21)10-7-9(17)3-4-11(10)15/h3-4,7-8H,5-6H2,1-2H3. The van der Waals surface area contributed by atoms with Crippen LogP contribution in [0.3, 0.4) is 0 Å². The predicted molar refractivity (Wildman–Crippen MR) is 98.8 cm³/mol. The molecule has 4 nitrogen and oxygen atoms in total. The molecule has 0 fully saturated rings. The molecule has 1 aromatic carbocycles. The van der Waals surface area contributed by atoms with Gasteiger partial charge in [-0.3, -0.25) is 9.48 Å². The van der Waals surface area contributed by atoms with Gasteiger partial charge in [-0.05, 0) is 70.8 Å². The van der Waals surface area contributed by atoms with E-state index in [1.807, 2.05) is 32.3 Å². The number of hydrogen-bond donors (Lipinski definition) is 0. The number of likely N-dealkylation sites (N-methyl/N-ethyl adjacent to an activating group) is 1. The van der Waals surface area contributed by atoms with Crippen LogP contribution in [0.4, 0.5) is 0 Å². The highest BCUT2D eigenvalue weighted by Crippen LogP contribution is 2.26. The monoisotopic (exact) mass is 525 g/mol. The molecule has 0 aliphatic rings. The Bertz CT molecular complexity index is 670. The molecule has 21 heavy (non-hydrogen) atoms. The molecule has 0 amide bonds. The molecule has 112 valence electrons. The van der Waals surface area contributed by atoms with E-state index in [4.69, 9.17) is 0 Å².